The van der Waals surface area contributed by atoms with Crippen LogP contribution in [0.15, 0.2) is 24.3 Å². The average molecular weight is 316 g/mol. The van der Waals surface area contributed by atoms with E-state index in [9.17, 15) is 9.59 Å². The number of amides is 1. The predicted octanol–water partition coefficient (Wildman–Crippen LogP) is 3.29. The summed E-state index contributed by atoms with van der Waals surface area (Å²) < 4.78 is -0.0567. The van der Waals surface area contributed by atoms with Gasteiger partial charge in [-0.25, -0.2) is 0 Å². The molecule has 0 spiro atoms. The van der Waals surface area contributed by atoms with E-state index >= 15 is 0 Å². The highest BCUT2D eigenvalue weighted by atomic mass is 35.5. The van der Waals surface area contributed by atoms with Crippen molar-refractivity contribution in [1.29, 1.82) is 0 Å². The van der Waals surface area contributed by atoms with Crippen LogP contribution in [0.4, 0.5) is 5.69 Å². The maximum atomic E-state index is 12.2. The number of carbonyl (C=O) groups excluding carboxylic acids is 1. The molecule has 0 aliphatic heterocycles. The first-order valence-electron chi connectivity index (χ1n) is 6.11. The third-order valence-electron chi connectivity index (χ3n) is 2.34. The average Bonchev–Trinajstić information content (AvgIpc) is 2.32. The van der Waals surface area contributed by atoms with E-state index in [2.05, 4.69) is 0 Å². The van der Waals surface area contributed by atoms with Gasteiger partial charge < -0.3 is 10.0 Å². The summed E-state index contributed by atoms with van der Waals surface area (Å²) in [5, 5.41) is 9.42. The normalized spacial score (nSPS) is 11.2. The molecule has 1 amide bonds. The Morgan fingerprint density at radius 3 is 2.50 bits per heavy atom. The Balaban J connectivity index is 2.89. The van der Waals surface area contributed by atoms with Crippen LogP contribution in [0.25, 0.3) is 0 Å². The minimum atomic E-state index is -1.06. The van der Waals surface area contributed by atoms with Crippen LogP contribution in [0.2, 0.25) is 5.02 Å². The zero-order valence-electron chi connectivity index (χ0n) is 11.7. The molecule has 1 aromatic rings. The second-order valence-electron chi connectivity index (χ2n) is 5.25. The molecule has 0 aliphatic carbocycles. The molecule has 1 rings (SSSR count). The minimum absolute atomic E-state index is 0.0567. The number of thioether (sulfide) groups is 1. The number of nitrogens with zero attached hydrogens (tertiary/aromatic N) is 1. The molecule has 0 radical (unpaired) electrons. The Bertz CT molecular complexity index is 499. The lowest BCUT2D eigenvalue weighted by Crippen LogP contribution is -2.37. The van der Waals surface area contributed by atoms with Gasteiger partial charge in [-0.15, -0.1) is 11.8 Å². The van der Waals surface area contributed by atoms with Crippen molar-refractivity contribution in [3.63, 3.8) is 0 Å². The van der Waals surface area contributed by atoms with Crippen molar-refractivity contribution in [3.8, 4) is 0 Å². The number of carboxylic acids is 1. The third-order valence-corrected chi connectivity index (χ3v) is 3.84. The largest absolute Gasteiger partial charge is 0.480 e. The van der Waals surface area contributed by atoms with Gasteiger partial charge in [0.2, 0.25) is 5.91 Å². The number of rotatable bonds is 5. The number of hydrogen-bond donors (Lipinski definition) is 1. The van der Waals surface area contributed by atoms with Gasteiger partial charge in [0, 0.05) is 15.5 Å². The SMILES string of the molecule is CC(C)(C)SCC(=O)N(CC(=O)O)c1cccc(Cl)c1. The Hall–Kier alpha value is -1.20. The van der Waals surface area contributed by atoms with E-state index in [4.69, 9.17) is 16.7 Å². The highest BCUT2D eigenvalue weighted by Gasteiger charge is 2.21. The highest BCUT2D eigenvalue weighted by Crippen LogP contribution is 2.25. The van der Waals surface area contributed by atoms with Crippen LogP contribution in [-0.2, 0) is 9.59 Å². The molecule has 0 fully saturated rings. The quantitative estimate of drug-likeness (QED) is 0.906. The maximum Gasteiger partial charge on any atom is 0.323 e. The van der Waals surface area contributed by atoms with E-state index in [1.165, 1.54) is 16.7 Å². The molecule has 0 atom stereocenters. The summed E-state index contributed by atoms with van der Waals surface area (Å²) in [6.07, 6.45) is 0. The summed E-state index contributed by atoms with van der Waals surface area (Å²) in [4.78, 5) is 24.4. The minimum Gasteiger partial charge on any atom is -0.480 e. The smallest absolute Gasteiger partial charge is 0.323 e. The maximum absolute atomic E-state index is 12.2. The van der Waals surface area contributed by atoms with Gasteiger partial charge in [-0.2, -0.15) is 0 Å². The van der Waals surface area contributed by atoms with Crippen LogP contribution in [-0.4, -0.2) is 34.0 Å². The van der Waals surface area contributed by atoms with Crippen LogP contribution < -0.4 is 4.90 Å². The van der Waals surface area contributed by atoms with Crippen molar-refractivity contribution in [2.45, 2.75) is 25.5 Å². The molecule has 0 aromatic heterocycles. The van der Waals surface area contributed by atoms with Gasteiger partial charge in [0.15, 0.2) is 0 Å². The lowest BCUT2D eigenvalue weighted by atomic mass is 10.3. The number of hydrogen-bond acceptors (Lipinski definition) is 3. The van der Waals surface area contributed by atoms with Crippen molar-refractivity contribution in [2.24, 2.45) is 0 Å². The number of carbonyl (C=O) groups is 2. The fraction of sp³-hybridized carbons (Fsp3) is 0.429. The molecule has 1 aromatic carbocycles. The van der Waals surface area contributed by atoms with E-state index in [0.717, 1.165) is 0 Å². The molecule has 0 saturated carbocycles. The van der Waals surface area contributed by atoms with Gasteiger partial charge in [0.05, 0.1) is 5.75 Å². The van der Waals surface area contributed by atoms with Crippen molar-refractivity contribution >= 4 is 40.9 Å². The molecule has 0 heterocycles. The van der Waals surface area contributed by atoms with E-state index in [-0.39, 0.29) is 23.0 Å². The standard InChI is InChI=1S/C14H18ClNO3S/c1-14(2,3)20-9-12(17)16(8-13(18)19)11-6-4-5-10(15)7-11/h4-7H,8-9H2,1-3H3,(H,18,19). The van der Waals surface area contributed by atoms with Gasteiger partial charge >= 0.3 is 5.97 Å². The van der Waals surface area contributed by atoms with Crippen LogP contribution in [0.3, 0.4) is 0 Å². The Morgan fingerprint density at radius 2 is 2.00 bits per heavy atom. The third kappa shape index (κ3) is 5.84. The van der Waals surface area contributed by atoms with Crippen LogP contribution in [0, 0.1) is 0 Å². The molecule has 0 bridgehead atoms. The fourth-order valence-electron chi connectivity index (χ4n) is 1.46. The van der Waals surface area contributed by atoms with Crippen LogP contribution in [0.5, 0.6) is 0 Å². The van der Waals surface area contributed by atoms with Gasteiger partial charge in [-0.1, -0.05) is 38.4 Å². The second kappa shape index (κ2) is 6.99. The number of anilines is 1. The van der Waals surface area contributed by atoms with Crippen molar-refractivity contribution < 1.29 is 14.7 Å². The van der Waals surface area contributed by atoms with E-state index in [0.29, 0.717) is 10.7 Å². The molecule has 0 unspecified atom stereocenters. The predicted molar refractivity (Wildman–Crippen MR) is 83.7 cm³/mol. The first-order valence-corrected chi connectivity index (χ1v) is 7.47. The molecule has 110 valence electrons. The summed E-state index contributed by atoms with van der Waals surface area (Å²) in [6, 6.07) is 6.63. The Morgan fingerprint density at radius 1 is 1.35 bits per heavy atom. The summed E-state index contributed by atoms with van der Waals surface area (Å²) >= 11 is 7.37. The number of carboxylic acid groups (broad SMARTS) is 1. The van der Waals surface area contributed by atoms with Gasteiger partial charge in [-0.3, -0.25) is 9.59 Å². The molecule has 20 heavy (non-hydrogen) atoms. The van der Waals surface area contributed by atoms with E-state index < -0.39 is 5.97 Å². The zero-order chi connectivity index (χ0) is 15.3. The monoisotopic (exact) mass is 315 g/mol. The van der Waals surface area contributed by atoms with Crippen molar-refractivity contribution in [1.82, 2.24) is 0 Å². The zero-order valence-corrected chi connectivity index (χ0v) is 13.3. The number of benzene rings is 1. The van der Waals surface area contributed by atoms with Gasteiger partial charge in [-0.05, 0) is 18.2 Å². The topological polar surface area (TPSA) is 57.6 Å². The molecule has 4 nitrogen and oxygen atoms in total. The lowest BCUT2D eigenvalue weighted by molar-refractivity contribution is -0.136. The lowest BCUT2D eigenvalue weighted by Gasteiger charge is -2.23. The molecular formula is C14H18ClNO3S. The molecule has 0 saturated heterocycles. The first-order chi connectivity index (χ1) is 9.19. The van der Waals surface area contributed by atoms with Crippen LogP contribution >= 0.6 is 23.4 Å². The van der Waals surface area contributed by atoms with Gasteiger partial charge in [0.25, 0.3) is 0 Å². The second-order valence-corrected chi connectivity index (χ2v) is 7.49. The molecular weight excluding hydrogens is 298 g/mol. The Kier molecular flexibility index (Phi) is 5.89. The van der Waals surface area contributed by atoms with E-state index in [1.54, 1.807) is 24.3 Å². The summed E-state index contributed by atoms with van der Waals surface area (Å²) in [7, 11) is 0. The molecule has 0 aliphatic rings. The highest BCUT2D eigenvalue weighted by molar-refractivity contribution is 8.01. The number of halogens is 1. The summed E-state index contributed by atoms with van der Waals surface area (Å²) in [5.74, 6) is -1.07. The van der Waals surface area contributed by atoms with Gasteiger partial charge in [0.1, 0.15) is 6.54 Å². The van der Waals surface area contributed by atoms with E-state index in [1.807, 2.05) is 20.8 Å². The fourth-order valence-corrected chi connectivity index (χ4v) is 2.36. The molecule has 6 heteroatoms. The van der Waals surface area contributed by atoms with Crippen molar-refractivity contribution in [3.05, 3.63) is 29.3 Å². The van der Waals surface area contributed by atoms with Crippen LogP contribution in [0.1, 0.15) is 20.8 Å². The van der Waals surface area contributed by atoms with Crippen molar-refractivity contribution in [2.75, 3.05) is 17.2 Å². The first kappa shape index (κ1) is 16.9. The molecule has 1 N–H and O–H groups in total. The Labute approximate surface area is 128 Å². The summed E-state index contributed by atoms with van der Waals surface area (Å²) in [6.45, 7) is 5.65. The number of aliphatic carboxylic acids is 1. The summed E-state index contributed by atoms with van der Waals surface area (Å²) in [5.41, 5.74) is 0.499.